The molecule has 0 saturated heterocycles. The molecule has 0 aromatic carbocycles. The molecule has 0 bridgehead atoms. The van der Waals surface area contributed by atoms with Crippen LogP contribution in [0.1, 0.15) is 23.2 Å². The van der Waals surface area contributed by atoms with Crippen molar-refractivity contribution in [1.29, 1.82) is 0 Å². The van der Waals surface area contributed by atoms with Crippen LogP contribution in [0, 0.1) is 0 Å². The highest BCUT2D eigenvalue weighted by atomic mass is 32.1. The molecule has 23 heavy (non-hydrogen) atoms. The SMILES string of the molecule is CCc1csc(CNC(=O)Cn2cc(C(F)(F)F)ccc2=O)n1. The van der Waals surface area contributed by atoms with Crippen LogP contribution in [0.2, 0.25) is 0 Å². The monoisotopic (exact) mass is 345 g/mol. The van der Waals surface area contributed by atoms with Crippen LogP contribution in [0.25, 0.3) is 0 Å². The lowest BCUT2D eigenvalue weighted by Crippen LogP contribution is -2.32. The quantitative estimate of drug-likeness (QED) is 0.904. The lowest BCUT2D eigenvalue weighted by Gasteiger charge is -2.10. The topological polar surface area (TPSA) is 64.0 Å². The molecule has 0 saturated carbocycles. The van der Waals surface area contributed by atoms with Crippen LogP contribution >= 0.6 is 11.3 Å². The molecule has 5 nitrogen and oxygen atoms in total. The minimum Gasteiger partial charge on any atom is -0.348 e. The fourth-order valence-corrected chi connectivity index (χ4v) is 2.62. The number of carbonyl (C=O) groups is 1. The summed E-state index contributed by atoms with van der Waals surface area (Å²) in [5.74, 6) is -0.556. The summed E-state index contributed by atoms with van der Waals surface area (Å²) < 4.78 is 38.6. The second-order valence-corrected chi connectivity index (χ2v) is 5.69. The van der Waals surface area contributed by atoms with Gasteiger partial charge >= 0.3 is 6.18 Å². The Kier molecular flexibility index (Phi) is 5.19. The third-order valence-electron chi connectivity index (χ3n) is 3.02. The Morgan fingerprint density at radius 2 is 2.13 bits per heavy atom. The number of pyridine rings is 1. The first kappa shape index (κ1) is 17.2. The summed E-state index contributed by atoms with van der Waals surface area (Å²) in [6.45, 7) is 1.66. The predicted molar refractivity (Wildman–Crippen MR) is 79.0 cm³/mol. The van der Waals surface area contributed by atoms with E-state index in [1.165, 1.54) is 11.3 Å². The Bertz CT molecular complexity index is 752. The highest BCUT2D eigenvalue weighted by Gasteiger charge is 2.31. The van der Waals surface area contributed by atoms with Crippen molar-refractivity contribution in [3.8, 4) is 0 Å². The van der Waals surface area contributed by atoms with Crippen LogP contribution in [0.15, 0.2) is 28.5 Å². The minimum atomic E-state index is -4.57. The molecular weight excluding hydrogens is 331 g/mol. The molecule has 0 aliphatic carbocycles. The number of halogens is 3. The number of thiazole rings is 1. The highest BCUT2D eigenvalue weighted by molar-refractivity contribution is 7.09. The number of hydrogen-bond acceptors (Lipinski definition) is 4. The van der Waals surface area contributed by atoms with E-state index in [0.717, 1.165) is 22.7 Å². The second kappa shape index (κ2) is 6.95. The summed E-state index contributed by atoms with van der Waals surface area (Å²) >= 11 is 1.39. The first-order chi connectivity index (χ1) is 10.8. The van der Waals surface area contributed by atoms with Gasteiger partial charge in [0, 0.05) is 17.6 Å². The van der Waals surface area contributed by atoms with Crippen LogP contribution in [-0.2, 0) is 30.5 Å². The average molecular weight is 345 g/mol. The van der Waals surface area contributed by atoms with Gasteiger partial charge in [-0.05, 0) is 12.5 Å². The van der Waals surface area contributed by atoms with Crippen LogP contribution in [0.3, 0.4) is 0 Å². The third kappa shape index (κ3) is 4.65. The van der Waals surface area contributed by atoms with Crippen molar-refractivity contribution in [2.45, 2.75) is 32.6 Å². The predicted octanol–water partition coefficient (Wildman–Crippen LogP) is 2.20. The number of carbonyl (C=O) groups excluding carboxylic acids is 1. The zero-order valence-corrected chi connectivity index (χ0v) is 13.0. The summed E-state index contributed by atoms with van der Waals surface area (Å²) in [5, 5.41) is 5.11. The van der Waals surface area contributed by atoms with E-state index in [1.807, 2.05) is 12.3 Å². The largest absolute Gasteiger partial charge is 0.417 e. The second-order valence-electron chi connectivity index (χ2n) is 4.74. The Morgan fingerprint density at radius 3 is 2.74 bits per heavy atom. The number of aryl methyl sites for hydroxylation is 1. The van der Waals surface area contributed by atoms with Gasteiger partial charge < -0.3 is 9.88 Å². The molecule has 0 spiro atoms. The molecule has 124 valence electrons. The average Bonchev–Trinajstić information content (AvgIpc) is 2.94. The van der Waals surface area contributed by atoms with Gasteiger partial charge in [-0.3, -0.25) is 9.59 Å². The third-order valence-corrected chi connectivity index (χ3v) is 3.92. The van der Waals surface area contributed by atoms with Crippen molar-refractivity contribution in [1.82, 2.24) is 14.9 Å². The van der Waals surface area contributed by atoms with E-state index in [2.05, 4.69) is 10.3 Å². The summed E-state index contributed by atoms with van der Waals surface area (Å²) in [5.41, 5.74) is -0.735. The number of aromatic nitrogens is 2. The Labute approximate surface area is 133 Å². The fourth-order valence-electron chi connectivity index (χ4n) is 1.80. The molecule has 0 radical (unpaired) electrons. The van der Waals surface area contributed by atoms with Crippen molar-refractivity contribution in [3.05, 3.63) is 50.3 Å². The zero-order valence-electron chi connectivity index (χ0n) is 12.2. The van der Waals surface area contributed by atoms with Gasteiger partial charge in [0.05, 0.1) is 17.8 Å². The maximum Gasteiger partial charge on any atom is 0.417 e. The van der Waals surface area contributed by atoms with E-state index < -0.39 is 29.8 Å². The minimum absolute atomic E-state index is 0.178. The summed E-state index contributed by atoms with van der Waals surface area (Å²) in [6, 6.07) is 1.49. The van der Waals surface area contributed by atoms with Crippen LogP contribution in [0.4, 0.5) is 13.2 Å². The van der Waals surface area contributed by atoms with Crippen molar-refractivity contribution >= 4 is 17.2 Å². The van der Waals surface area contributed by atoms with E-state index in [-0.39, 0.29) is 6.54 Å². The molecule has 2 heterocycles. The van der Waals surface area contributed by atoms with Gasteiger partial charge in [0.25, 0.3) is 5.56 Å². The first-order valence-electron chi connectivity index (χ1n) is 6.77. The van der Waals surface area contributed by atoms with Gasteiger partial charge in [-0.25, -0.2) is 4.98 Å². The van der Waals surface area contributed by atoms with Gasteiger partial charge in [0.2, 0.25) is 5.91 Å². The Hall–Kier alpha value is -2.16. The summed E-state index contributed by atoms with van der Waals surface area (Å²) in [7, 11) is 0. The number of nitrogens with one attached hydrogen (secondary N) is 1. The van der Waals surface area contributed by atoms with E-state index in [0.29, 0.717) is 17.3 Å². The number of hydrogen-bond donors (Lipinski definition) is 1. The molecule has 0 aliphatic heterocycles. The van der Waals surface area contributed by atoms with Gasteiger partial charge in [-0.2, -0.15) is 13.2 Å². The van der Waals surface area contributed by atoms with Gasteiger partial charge in [-0.15, -0.1) is 11.3 Å². The molecule has 2 rings (SSSR count). The van der Waals surface area contributed by atoms with Crippen molar-refractivity contribution in [2.75, 3.05) is 0 Å². The molecule has 2 aromatic heterocycles. The summed E-state index contributed by atoms with van der Waals surface area (Å²) in [4.78, 5) is 27.6. The summed E-state index contributed by atoms with van der Waals surface area (Å²) in [6.07, 6.45) is -3.14. The normalized spacial score (nSPS) is 11.5. The molecule has 9 heteroatoms. The standard InChI is InChI=1S/C14H14F3N3O2S/c1-2-10-8-23-12(19-10)5-18-11(21)7-20-6-9(14(15,16)17)3-4-13(20)22/h3-4,6,8H,2,5,7H2,1H3,(H,18,21). The Morgan fingerprint density at radius 1 is 1.39 bits per heavy atom. The first-order valence-corrected chi connectivity index (χ1v) is 7.65. The molecule has 0 atom stereocenters. The number of alkyl halides is 3. The number of amides is 1. The number of rotatable bonds is 5. The van der Waals surface area contributed by atoms with Crippen molar-refractivity contribution in [3.63, 3.8) is 0 Å². The lowest BCUT2D eigenvalue weighted by molar-refractivity contribution is -0.138. The van der Waals surface area contributed by atoms with Gasteiger partial charge in [0.15, 0.2) is 0 Å². The Balaban J connectivity index is 2.01. The molecular formula is C14H14F3N3O2S. The molecule has 2 aromatic rings. The van der Waals surface area contributed by atoms with Crippen LogP contribution in [0.5, 0.6) is 0 Å². The fraction of sp³-hybridized carbons (Fsp3) is 0.357. The zero-order chi connectivity index (χ0) is 17.0. The molecule has 0 fully saturated rings. The molecule has 0 unspecified atom stereocenters. The van der Waals surface area contributed by atoms with E-state index >= 15 is 0 Å². The molecule has 1 N–H and O–H groups in total. The molecule has 0 aliphatic rings. The maximum atomic E-state index is 12.6. The maximum absolute atomic E-state index is 12.6. The van der Waals surface area contributed by atoms with Gasteiger partial charge in [-0.1, -0.05) is 6.92 Å². The van der Waals surface area contributed by atoms with Crippen molar-refractivity contribution in [2.24, 2.45) is 0 Å². The lowest BCUT2D eigenvalue weighted by atomic mass is 10.3. The van der Waals surface area contributed by atoms with Crippen LogP contribution in [-0.4, -0.2) is 15.5 Å². The van der Waals surface area contributed by atoms with Crippen molar-refractivity contribution < 1.29 is 18.0 Å². The smallest absolute Gasteiger partial charge is 0.348 e. The van der Waals surface area contributed by atoms with E-state index in [9.17, 15) is 22.8 Å². The highest BCUT2D eigenvalue weighted by Crippen LogP contribution is 2.27. The van der Waals surface area contributed by atoms with Crippen LogP contribution < -0.4 is 10.9 Å². The number of nitrogens with zero attached hydrogens (tertiary/aromatic N) is 2. The van der Waals surface area contributed by atoms with E-state index in [1.54, 1.807) is 0 Å². The van der Waals surface area contributed by atoms with E-state index in [4.69, 9.17) is 0 Å². The molecule has 1 amide bonds. The van der Waals surface area contributed by atoms with Gasteiger partial charge in [0.1, 0.15) is 11.6 Å².